The van der Waals surface area contributed by atoms with Crippen LogP contribution < -0.4 is 4.90 Å². The van der Waals surface area contributed by atoms with Gasteiger partial charge >= 0.3 is 5.91 Å². The normalized spacial score (nSPS) is 18.6. The van der Waals surface area contributed by atoms with Crippen molar-refractivity contribution >= 4 is 61.4 Å². The molecule has 4 rings (SSSR count). The van der Waals surface area contributed by atoms with Crippen LogP contribution in [0.4, 0.5) is 5.13 Å². The maximum atomic E-state index is 12.9. The lowest BCUT2D eigenvalue weighted by atomic mass is 9.95. The van der Waals surface area contributed by atoms with Crippen LogP contribution in [0.1, 0.15) is 17.2 Å². The molecule has 1 unspecified atom stereocenters. The summed E-state index contributed by atoms with van der Waals surface area (Å²) in [6.07, 6.45) is 1.57. The van der Waals surface area contributed by atoms with Crippen LogP contribution in [-0.2, 0) is 9.59 Å². The third-order valence-electron chi connectivity index (χ3n) is 4.35. The first kappa shape index (κ1) is 18.9. The lowest BCUT2D eigenvalue weighted by Gasteiger charge is -2.23. The van der Waals surface area contributed by atoms with Gasteiger partial charge in [-0.15, -0.1) is 11.3 Å². The molecule has 0 saturated carbocycles. The number of ketones is 1. The molecule has 0 aliphatic carbocycles. The second kappa shape index (κ2) is 7.50. The summed E-state index contributed by atoms with van der Waals surface area (Å²) in [6.45, 7) is 0. The monoisotopic (exact) mass is 474 g/mol. The molecule has 2 aromatic carbocycles. The van der Waals surface area contributed by atoms with Gasteiger partial charge in [0, 0.05) is 26.6 Å². The number of carbonyl (C=O) groups is 2. The zero-order valence-electron chi connectivity index (χ0n) is 14.2. The Bertz CT molecular complexity index is 1100. The van der Waals surface area contributed by atoms with E-state index in [1.165, 1.54) is 16.2 Å². The fourth-order valence-electron chi connectivity index (χ4n) is 3.12. The van der Waals surface area contributed by atoms with E-state index in [4.69, 9.17) is 11.6 Å². The Morgan fingerprint density at radius 3 is 2.57 bits per heavy atom. The summed E-state index contributed by atoms with van der Waals surface area (Å²) in [7, 11) is 0. The molecule has 3 aromatic rings. The molecule has 2 heterocycles. The molecule has 1 aliphatic rings. The van der Waals surface area contributed by atoms with E-state index in [1.807, 2.05) is 18.2 Å². The van der Waals surface area contributed by atoms with Crippen molar-refractivity contribution in [3.63, 3.8) is 0 Å². The van der Waals surface area contributed by atoms with Gasteiger partial charge in [0.2, 0.25) is 0 Å². The van der Waals surface area contributed by atoms with Crippen LogP contribution in [-0.4, -0.2) is 21.8 Å². The Kier molecular flexibility index (Phi) is 5.05. The first-order valence-corrected chi connectivity index (χ1v) is 10.2. The maximum Gasteiger partial charge on any atom is 0.301 e. The SMILES string of the molecule is O=C1C(=O)N(c2nccs2)C(c2cccc(Br)c2)/C1=C(\O)c1ccc(Cl)cc1. The Labute approximate surface area is 178 Å². The van der Waals surface area contributed by atoms with Gasteiger partial charge in [-0.3, -0.25) is 14.5 Å². The first-order valence-electron chi connectivity index (χ1n) is 8.19. The Hall–Kier alpha value is -2.48. The number of aromatic nitrogens is 1. The van der Waals surface area contributed by atoms with Crippen molar-refractivity contribution in [2.45, 2.75) is 6.04 Å². The molecule has 0 radical (unpaired) electrons. The second-order valence-electron chi connectivity index (χ2n) is 6.05. The Morgan fingerprint density at radius 1 is 1.18 bits per heavy atom. The number of carbonyl (C=O) groups excluding carboxylic acids is 2. The number of thiazole rings is 1. The van der Waals surface area contributed by atoms with Crippen LogP contribution in [0.15, 0.2) is 70.2 Å². The molecule has 1 atom stereocenters. The summed E-state index contributed by atoms with van der Waals surface area (Å²) in [4.78, 5) is 31.3. The minimum absolute atomic E-state index is 0.0145. The van der Waals surface area contributed by atoms with Crippen LogP contribution in [0.5, 0.6) is 0 Å². The fraction of sp³-hybridized carbons (Fsp3) is 0.0500. The number of hydrogen-bond donors (Lipinski definition) is 1. The predicted molar refractivity (Wildman–Crippen MR) is 112 cm³/mol. The topological polar surface area (TPSA) is 70.5 Å². The van der Waals surface area contributed by atoms with Gasteiger partial charge < -0.3 is 5.11 Å². The second-order valence-corrected chi connectivity index (χ2v) is 8.27. The number of hydrogen-bond acceptors (Lipinski definition) is 5. The number of halogens is 2. The number of Topliss-reactive ketones (excluding diaryl/α,β-unsaturated/α-hetero) is 1. The van der Waals surface area contributed by atoms with Gasteiger partial charge in [-0.05, 0) is 42.0 Å². The van der Waals surface area contributed by atoms with Gasteiger partial charge in [0.15, 0.2) is 5.13 Å². The van der Waals surface area contributed by atoms with Crippen LogP contribution in [0.25, 0.3) is 5.76 Å². The highest BCUT2D eigenvalue weighted by molar-refractivity contribution is 9.10. The molecule has 1 saturated heterocycles. The number of anilines is 1. The molecule has 0 spiro atoms. The molecule has 1 aromatic heterocycles. The molecule has 1 fully saturated rings. The van der Waals surface area contributed by atoms with E-state index in [0.717, 1.165) is 4.47 Å². The van der Waals surface area contributed by atoms with Crippen molar-refractivity contribution in [1.29, 1.82) is 0 Å². The van der Waals surface area contributed by atoms with Gasteiger partial charge in [-0.25, -0.2) is 4.98 Å². The summed E-state index contributed by atoms with van der Waals surface area (Å²) in [5.41, 5.74) is 1.10. The van der Waals surface area contributed by atoms with E-state index >= 15 is 0 Å². The maximum absolute atomic E-state index is 12.9. The van der Waals surface area contributed by atoms with E-state index in [2.05, 4.69) is 20.9 Å². The summed E-state index contributed by atoms with van der Waals surface area (Å²) in [5, 5.41) is 13.5. The van der Waals surface area contributed by atoms with E-state index in [0.29, 0.717) is 21.3 Å². The van der Waals surface area contributed by atoms with Crippen LogP contribution >= 0.6 is 38.9 Å². The highest BCUT2D eigenvalue weighted by Gasteiger charge is 2.47. The Morgan fingerprint density at radius 2 is 1.93 bits per heavy atom. The van der Waals surface area contributed by atoms with E-state index in [-0.39, 0.29) is 11.3 Å². The number of amides is 1. The summed E-state index contributed by atoms with van der Waals surface area (Å²) in [6, 6.07) is 12.9. The summed E-state index contributed by atoms with van der Waals surface area (Å²) in [5.74, 6) is -1.73. The molecular weight excluding hydrogens is 464 g/mol. The predicted octanol–water partition coefficient (Wildman–Crippen LogP) is 5.19. The van der Waals surface area contributed by atoms with E-state index in [1.54, 1.807) is 41.9 Å². The van der Waals surface area contributed by atoms with Crippen molar-refractivity contribution in [2.24, 2.45) is 0 Å². The molecule has 0 bridgehead atoms. The highest BCUT2D eigenvalue weighted by Crippen LogP contribution is 2.43. The average Bonchev–Trinajstić information content (AvgIpc) is 3.29. The standard InChI is InChI=1S/C20H12BrClN2O3S/c21-13-3-1-2-12(10-13)16-15(17(25)11-4-6-14(22)7-5-11)18(26)19(27)24(16)20-23-8-9-28-20/h1-10,16,25H/b17-15+. The minimum atomic E-state index is -0.792. The third kappa shape index (κ3) is 3.26. The molecule has 5 nitrogen and oxygen atoms in total. The lowest BCUT2D eigenvalue weighted by Crippen LogP contribution is -2.29. The minimum Gasteiger partial charge on any atom is -0.507 e. The smallest absolute Gasteiger partial charge is 0.301 e. The van der Waals surface area contributed by atoms with Crippen molar-refractivity contribution in [1.82, 2.24) is 4.98 Å². The molecule has 1 N–H and O–H groups in total. The first-order chi connectivity index (χ1) is 13.5. The number of rotatable bonds is 3. The average molecular weight is 476 g/mol. The summed E-state index contributed by atoms with van der Waals surface area (Å²) >= 11 is 10.6. The molecular formula is C20H12BrClN2O3S. The van der Waals surface area contributed by atoms with Crippen molar-refractivity contribution in [3.05, 3.63) is 86.3 Å². The summed E-state index contributed by atoms with van der Waals surface area (Å²) < 4.78 is 0.793. The van der Waals surface area contributed by atoms with Crippen LogP contribution in [0, 0.1) is 0 Å². The number of aliphatic hydroxyl groups is 1. The van der Waals surface area contributed by atoms with Crippen LogP contribution in [0.3, 0.4) is 0 Å². The van der Waals surface area contributed by atoms with E-state index in [9.17, 15) is 14.7 Å². The molecule has 8 heteroatoms. The fourth-order valence-corrected chi connectivity index (χ4v) is 4.33. The van der Waals surface area contributed by atoms with Crippen molar-refractivity contribution in [2.75, 3.05) is 4.90 Å². The quantitative estimate of drug-likeness (QED) is 0.322. The van der Waals surface area contributed by atoms with Gasteiger partial charge in [0.25, 0.3) is 5.78 Å². The van der Waals surface area contributed by atoms with Crippen molar-refractivity contribution in [3.8, 4) is 0 Å². The van der Waals surface area contributed by atoms with Crippen LogP contribution in [0.2, 0.25) is 5.02 Å². The third-order valence-corrected chi connectivity index (χ3v) is 5.87. The Balaban J connectivity index is 1.95. The van der Waals surface area contributed by atoms with Gasteiger partial charge in [0.05, 0.1) is 11.6 Å². The number of benzene rings is 2. The number of nitrogens with zero attached hydrogens (tertiary/aromatic N) is 2. The zero-order chi connectivity index (χ0) is 19.8. The van der Waals surface area contributed by atoms with Gasteiger partial charge in [-0.2, -0.15) is 0 Å². The molecule has 140 valence electrons. The zero-order valence-corrected chi connectivity index (χ0v) is 17.3. The molecule has 1 aliphatic heterocycles. The van der Waals surface area contributed by atoms with Crippen molar-refractivity contribution < 1.29 is 14.7 Å². The highest BCUT2D eigenvalue weighted by atomic mass is 79.9. The number of aliphatic hydroxyl groups excluding tert-OH is 1. The largest absolute Gasteiger partial charge is 0.507 e. The molecule has 28 heavy (non-hydrogen) atoms. The van der Waals surface area contributed by atoms with Gasteiger partial charge in [0.1, 0.15) is 5.76 Å². The lowest BCUT2D eigenvalue weighted by molar-refractivity contribution is -0.132. The van der Waals surface area contributed by atoms with Gasteiger partial charge in [-0.1, -0.05) is 39.7 Å². The van der Waals surface area contributed by atoms with E-state index < -0.39 is 17.7 Å². The molecule has 1 amide bonds.